The molecule has 2 aromatic rings. The third-order valence-electron chi connectivity index (χ3n) is 2.65. The van der Waals surface area contributed by atoms with Crippen molar-refractivity contribution in [2.24, 2.45) is 0 Å². The highest BCUT2D eigenvalue weighted by atomic mass is 32.1. The lowest BCUT2D eigenvalue weighted by molar-refractivity contribution is 0.0668. The van der Waals surface area contributed by atoms with Gasteiger partial charge >= 0.3 is 0 Å². The fourth-order valence-corrected chi connectivity index (χ4v) is 2.02. The largest absolute Gasteiger partial charge is 0.382 e. The van der Waals surface area contributed by atoms with Crippen molar-refractivity contribution in [2.75, 3.05) is 26.9 Å². The number of aryl methyl sites for hydroxylation is 1. The number of ether oxygens (including phenoxy) is 2. The normalized spacial score (nSPS) is 11.2. The van der Waals surface area contributed by atoms with Crippen molar-refractivity contribution in [3.63, 3.8) is 0 Å². The van der Waals surface area contributed by atoms with Crippen molar-refractivity contribution < 1.29 is 9.47 Å². The third-order valence-corrected chi connectivity index (χ3v) is 2.97. The molecule has 0 aliphatic rings. The molecule has 18 heavy (non-hydrogen) atoms. The molecule has 0 atom stereocenters. The van der Waals surface area contributed by atoms with E-state index in [1.54, 1.807) is 7.11 Å². The number of methoxy groups -OCH3 is 1. The fraction of sp³-hybridized carbons (Fsp3) is 0.500. The minimum absolute atomic E-state index is 0.596. The van der Waals surface area contributed by atoms with Crippen LogP contribution in [0.1, 0.15) is 5.69 Å². The summed E-state index contributed by atoms with van der Waals surface area (Å²) in [5, 5.41) is 0. The Kier molecular flexibility index (Phi) is 4.46. The average Bonchev–Trinajstić information content (AvgIpc) is 2.65. The summed E-state index contributed by atoms with van der Waals surface area (Å²) in [7, 11) is 1.66. The van der Waals surface area contributed by atoms with Crippen LogP contribution in [0.5, 0.6) is 0 Å². The predicted molar refractivity (Wildman–Crippen MR) is 72.3 cm³/mol. The Morgan fingerprint density at radius 1 is 1.33 bits per heavy atom. The Morgan fingerprint density at radius 2 is 2.17 bits per heavy atom. The van der Waals surface area contributed by atoms with Crippen LogP contribution in [0, 0.1) is 11.7 Å². The van der Waals surface area contributed by atoms with E-state index in [9.17, 15) is 0 Å². The highest BCUT2D eigenvalue weighted by molar-refractivity contribution is 7.71. The van der Waals surface area contributed by atoms with E-state index in [1.807, 2.05) is 23.6 Å². The van der Waals surface area contributed by atoms with Gasteiger partial charge in [-0.15, -0.1) is 0 Å². The van der Waals surface area contributed by atoms with E-state index in [4.69, 9.17) is 21.7 Å². The Balaban J connectivity index is 2.10. The van der Waals surface area contributed by atoms with Gasteiger partial charge < -0.3 is 14.5 Å². The predicted octanol–water partition coefficient (Wildman–Crippen LogP) is 2.07. The molecular formula is C12H17N3O2S. The lowest BCUT2D eigenvalue weighted by atomic mass is 10.3. The van der Waals surface area contributed by atoms with Crippen LogP contribution < -0.4 is 0 Å². The van der Waals surface area contributed by atoms with E-state index in [0.717, 1.165) is 16.9 Å². The Bertz CT molecular complexity index is 576. The second-order valence-electron chi connectivity index (χ2n) is 4.01. The molecule has 0 bridgehead atoms. The molecule has 5 nitrogen and oxygen atoms in total. The molecule has 0 radical (unpaired) electrons. The summed E-state index contributed by atoms with van der Waals surface area (Å²) in [5.74, 6) is 0. The SMILES string of the molecule is COCCOCCn1c(=S)[nH]c2ccc(C)nc21. The van der Waals surface area contributed by atoms with Crippen LogP contribution in [-0.2, 0) is 16.0 Å². The van der Waals surface area contributed by atoms with E-state index >= 15 is 0 Å². The Morgan fingerprint density at radius 3 is 2.94 bits per heavy atom. The first-order valence-corrected chi connectivity index (χ1v) is 6.26. The molecule has 0 aliphatic heterocycles. The summed E-state index contributed by atoms with van der Waals surface area (Å²) < 4.78 is 13.0. The number of nitrogens with one attached hydrogen (secondary N) is 1. The number of hydrogen-bond donors (Lipinski definition) is 1. The van der Waals surface area contributed by atoms with Crippen LogP contribution >= 0.6 is 12.2 Å². The van der Waals surface area contributed by atoms with Gasteiger partial charge in [-0.05, 0) is 31.3 Å². The van der Waals surface area contributed by atoms with Crippen molar-refractivity contribution >= 4 is 23.4 Å². The highest BCUT2D eigenvalue weighted by Gasteiger charge is 2.05. The zero-order valence-electron chi connectivity index (χ0n) is 10.6. The van der Waals surface area contributed by atoms with Crippen LogP contribution in [0.2, 0.25) is 0 Å². The summed E-state index contributed by atoms with van der Waals surface area (Å²) in [4.78, 5) is 7.64. The van der Waals surface area contributed by atoms with Crippen LogP contribution in [0.15, 0.2) is 12.1 Å². The molecule has 0 spiro atoms. The molecule has 0 fully saturated rings. The monoisotopic (exact) mass is 267 g/mol. The molecule has 6 heteroatoms. The molecule has 2 rings (SSSR count). The van der Waals surface area contributed by atoms with Gasteiger partial charge in [0.05, 0.1) is 31.9 Å². The molecule has 2 heterocycles. The maximum absolute atomic E-state index is 5.45. The van der Waals surface area contributed by atoms with Crippen molar-refractivity contribution in [3.8, 4) is 0 Å². The van der Waals surface area contributed by atoms with Crippen molar-refractivity contribution in [3.05, 3.63) is 22.6 Å². The molecule has 0 saturated heterocycles. The maximum atomic E-state index is 5.45. The second-order valence-corrected chi connectivity index (χ2v) is 4.40. The zero-order chi connectivity index (χ0) is 13.0. The number of H-pyrrole nitrogens is 1. The molecule has 2 aromatic heterocycles. The standard InChI is InChI=1S/C12H17N3O2S/c1-9-3-4-10-11(13-9)15(12(18)14-10)5-6-17-8-7-16-2/h3-4H,5-8H2,1-2H3,(H,14,18). The maximum Gasteiger partial charge on any atom is 0.179 e. The Hall–Kier alpha value is -1.24. The molecular weight excluding hydrogens is 250 g/mol. The van der Waals surface area contributed by atoms with Crippen molar-refractivity contribution in [2.45, 2.75) is 13.5 Å². The number of nitrogens with zero attached hydrogens (tertiary/aromatic N) is 2. The highest BCUT2D eigenvalue weighted by Crippen LogP contribution is 2.12. The fourth-order valence-electron chi connectivity index (χ4n) is 1.73. The van der Waals surface area contributed by atoms with E-state index in [-0.39, 0.29) is 0 Å². The number of fused-ring (bicyclic) bond motifs is 1. The number of pyridine rings is 1. The molecule has 0 saturated carbocycles. The van der Waals surface area contributed by atoms with Gasteiger partial charge in [0.2, 0.25) is 0 Å². The smallest absolute Gasteiger partial charge is 0.179 e. The second kappa shape index (κ2) is 6.08. The van der Waals surface area contributed by atoms with Crippen molar-refractivity contribution in [1.82, 2.24) is 14.5 Å². The summed E-state index contributed by atoms with van der Waals surface area (Å²) in [6, 6.07) is 3.96. The first-order chi connectivity index (χ1) is 8.72. The number of rotatable bonds is 6. The molecule has 0 unspecified atom stereocenters. The van der Waals surface area contributed by atoms with Gasteiger partial charge in [-0.2, -0.15) is 0 Å². The van der Waals surface area contributed by atoms with Gasteiger partial charge in [0, 0.05) is 12.8 Å². The van der Waals surface area contributed by atoms with Gasteiger partial charge in [-0.25, -0.2) is 4.98 Å². The Labute approximate surface area is 111 Å². The number of hydrogen-bond acceptors (Lipinski definition) is 4. The van der Waals surface area contributed by atoms with Crippen LogP contribution in [0.25, 0.3) is 11.2 Å². The first-order valence-electron chi connectivity index (χ1n) is 5.85. The minimum atomic E-state index is 0.596. The molecule has 0 amide bonds. The topological polar surface area (TPSA) is 52.1 Å². The first kappa shape index (κ1) is 13.2. The van der Waals surface area contributed by atoms with Gasteiger partial charge in [0.25, 0.3) is 0 Å². The van der Waals surface area contributed by atoms with Crippen LogP contribution in [0.4, 0.5) is 0 Å². The number of aromatic amines is 1. The summed E-state index contributed by atoms with van der Waals surface area (Å²) in [5.41, 5.74) is 2.82. The van der Waals surface area contributed by atoms with Gasteiger partial charge in [-0.3, -0.25) is 4.57 Å². The molecule has 0 aliphatic carbocycles. The molecule has 98 valence electrons. The van der Waals surface area contributed by atoms with E-state index in [1.165, 1.54) is 0 Å². The summed E-state index contributed by atoms with van der Waals surface area (Å²) in [6.07, 6.45) is 0. The molecule has 0 aromatic carbocycles. The van der Waals surface area contributed by atoms with Crippen LogP contribution in [-0.4, -0.2) is 41.5 Å². The lowest BCUT2D eigenvalue weighted by Crippen LogP contribution is -2.09. The van der Waals surface area contributed by atoms with Crippen LogP contribution in [0.3, 0.4) is 0 Å². The van der Waals surface area contributed by atoms with Gasteiger partial charge in [0.1, 0.15) is 0 Å². The minimum Gasteiger partial charge on any atom is -0.382 e. The summed E-state index contributed by atoms with van der Waals surface area (Å²) in [6.45, 7) is 4.46. The van der Waals surface area contributed by atoms with E-state index in [0.29, 0.717) is 31.1 Å². The van der Waals surface area contributed by atoms with E-state index in [2.05, 4.69) is 9.97 Å². The third kappa shape index (κ3) is 2.95. The van der Waals surface area contributed by atoms with E-state index < -0.39 is 0 Å². The zero-order valence-corrected chi connectivity index (χ0v) is 11.4. The summed E-state index contributed by atoms with van der Waals surface area (Å²) >= 11 is 5.28. The number of aromatic nitrogens is 3. The van der Waals surface area contributed by atoms with Crippen molar-refractivity contribution in [1.29, 1.82) is 0 Å². The van der Waals surface area contributed by atoms with Gasteiger partial charge in [-0.1, -0.05) is 0 Å². The van der Waals surface area contributed by atoms with Gasteiger partial charge in [0.15, 0.2) is 10.4 Å². The average molecular weight is 267 g/mol. The molecule has 1 N–H and O–H groups in total. The number of imidazole rings is 1. The lowest BCUT2D eigenvalue weighted by Gasteiger charge is -2.05. The quantitative estimate of drug-likeness (QED) is 0.643.